The Hall–Kier alpha value is -2.89. The SMILES string of the molecule is CC/C=C\C/C=C\CCCCCCCCCC(=O)OCC(COC(=O)CCCCCCCCCCCC/C=C\C=C/CCCCC)OC(=O)CCCCCCCCC/C=C\CCCCCCCC. The molecule has 0 aromatic rings. The van der Waals surface area contributed by atoms with Crippen molar-refractivity contribution in [2.24, 2.45) is 0 Å². The number of ether oxygens (including phenoxy) is 3. The predicted molar refractivity (Wildman–Crippen MR) is 293 cm³/mol. The molecule has 0 aromatic heterocycles. The number of hydrogen-bond donors (Lipinski definition) is 0. The Labute approximate surface area is 421 Å². The molecular weight excluding hydrogens is 841 g/mol. The molecule has 1 atom stereocenters. The third-order valence-corrected chi connectivity index (χ3v) is 12.8. The minimum atomic E-state index is -0.781. The zero-order chi connectivity index (χ0) is 49.3. The average Bonchev–Trinajstić information content (AvgIpc) is 3.34. The number of carbonyl (C=O) groups is 3. The van der Waals surface area contributed by atoms with Crippen molar-refractivity contribution in [3.63, 3.8) is 0 Å². The van der Waals surface area contributed by atoms with Crippen molar-refractivity contribution in [2.75, 3.05) is 13.2 Å². The summed E-state index contributed by atoms with van der Waals surface area (Å²) in [6, 6.07) is 0. The average molecular weight is 952 g/mol. The normalized spacial score (nSPS) is 12.5. The van der Waals surface area contributed by atoms with Gasteiger partial charge in [-0.15, -0.1) is 0 Å². The van der Waals surface area contributed by atoms with Crippen LogP contribution in [0, 0.1) is 0 Å². The van der Waals surface area contributed by atoms with Crippen molar-refractivity contribution < 1.29 is 28.6 Å². The van der Waals surface area contributed by atoms with Crippen LogP contribution in [0.1, 0.15) is 297 Å². The first-order valence-corrected chi connectivity index (χ1v) is 29.3. The van der Waals surface area contributed by atoms with Gasteiger partial charge in [-0.2, -0.15) is 0 Å². The molecule has 0 aromatic carbocycles. The van der Waals surface area contributed by atoms with Gasteiger partial charge in [0.15, 0.2) is 6.10 Å². The number of allylic oxidation sites excluding steroid dienone is 10. The zero-order valence-electron chi connectivity index (χ0n) is 45.1. The van der Waals surface area contributed by atoms with Gasteiger partial charge < -0.3 is 14.2 Å². The van der Waals surface area contributed by atoms with E-state index in [2.05, 4.69) is 81.5 Å². The van der Waals surface area contributed by atoms with Crippen LogP contribution in [0.3, 0.4) is 0 Å². The number of unbranched alkanes of at least 4 members (excludes halogenated alkanes) is 33. The van der Waals surface area contributed by atoms with Crippen LogP contribution in [-0.4, -0.2) is 37.2 Å². The highest BCUT2D eigenvalue weighted by Crippen LogP contribution is 2.16. The first-order chi connectivity index (χ1) is 33.5. The number of rotatable bonds is 53. The Balaban J connectivity index is 4.36. The van der Waals surface area contributed by atoms with E-state index in [-0.39, 0.29) is 31.1 Å². The second-order valence-corrected chi connectivity index (χ2v) is 19.5. The van der Waals surface area contributed by atoms with Crippen molar-refractivity contribution in [1.29, 1.82) is 0 Å². The van der Waals surface area contributed by atoms with E-state index in [0.29, 0.717) is 19.3 Å². The molecule has 394 valence electrons. The molecule has 0 amide bonds. The maximum Gasteiger partial charge on any atom is 0.306 e. The molecule has 0 bridgehead atoms. The highest BCUT2D eigenvalue weighted by atomic mass is 16.6. The third kappa shape index (κ3) is 54.1. The van der Waals surface area contributed by atoms with E-state index in [9.17, 15) is 14.4 Å². The molecule has 0 radical (unpaired) electrons. The van der Waals surface area contributed by atoms with Crippen LogP contribution in [-0.2, 0) is 28.6 Å². The van der Waals surface area contributed by atoms with Gasteiger partial charge in [0.05, 0.1) is 0 Å². The Bertz CT molecular complexity index is 1230. The third-order valence-electron chi connectivity index (χ3n) is 12.8. The monoisotopic (exact) mass is 951 g/mol. The molecule has 0 heterocycles. The lowest BCUT2D eigenvalue weighted by Gasteiger charge is -2.18. The highest BCUT2D eigenvalue weighted by molar-refractivity contribution is 5.71. The molecule has 0 saturated carbocycles. The van der Waals surface area contributed by atoms with Crippen molar-refractivity contribution in [1.82, 2.24) is 0 Å². The van der Waals surface area contributed by atoms with Gasteiger partial charge in [0.1, 0.15) is 13.2 Å². The Kier molecular flexibility index (Phi) is 54.3. The fourth-order valence-electron chi connectivity index (χ4n) is 8.35. The van der Waals surface area contributed by atoms with Gasteiger partial charge >= 0.3 is 17.9 Å². The van der Waals surface area contributed by atoms with Gasteiger partial charge in [-0.05, 0) is 96.3 Å². The second-order valence-electron chi connectivity index (χ2n) is 19.5. The zero-order valence-corrected chi connectivity index (χ0v) is 45.1. The molecule has 6 heteroatoms. The summed E-state index contributed by atoms with van der Waals surface area (Å²) in [7, 11) is 0. The Morgan fingerprint density at radius 2 is 0.618 bits per heavy atom. The van der Waals surface area contributed by atoms with Crippen LogP contribution in [0.2, 0.25) is 0 Å². The summed E-state index contributed by atoms with van der Waals surface area (Å²) in [6.45, 7) is 6.52. The smallest absolute Gasteiger partial charge is 0.306 e. The standard InChI is InChI=1S/C62H110O6/c1-4-7-10-13-16-19-22-25-28-30-31-33-34-37-40-43-46-49-52-55-61(64)67-58-59(57-66-60(63)54-51-48-45-42-39-36-27-24-21-18-15-12-9-6-3)68-62(65)56-53-50-47-44-41-38-35-32-29-26-23-20-17-14-11-8-5-2/h9,12,16,18-19,21-22,25-26,29,59H,4-8,10-11,13-15,17,20,23-24,27-28,30-58H2,1-3H3/b12-9-,19-16-,21-18-,25-22-,29-26-. The number of esters is 3. The van der Waals surface area contributed by atoms with Crippen LogP contribution >= 0.6 is 0 Å². The van der Waals surface area contributed by atoms with E-state index >= 15 is 0 Å². The fraction of sp³-hybridized carbons (Fsp3) is 0.790. The molecule has 0 fully saturated rings. The summed E-state index contributed by atoms with van der Waals surface area (Å²) >= 11 is 0. The van der Waals surface area contributed by atoms with Gasteiger partial charge in [-0.25, -0.2) is 0 Å². The minimum absolute atomic E-state index is 0.0791. The first-order valence-electron chi connectivity index (χ1n) is 29.3. The van der Waals surface area contributed by atoms with Gasteiger partial charge in [-0.1, -0.05) is 242 Å². The highest BCUT2D eigenvalue weighted by Gasteiger charge is 2.19. The minimum Gasteiger partial charge on any atom is -0.462 e. The first kappa shape index (κ1) is 65.1. The molecule has 0 saturated heterocycles. The molecule has 0 spiro atoms. The molecule has 0 aliphatic carbocycles. The molecule has 0 N–H and O–H groups in total. The number of hydrogen-bond acceptors (Lipinski definition) is 6. The summed E-state index contributed by atoms with van der Waals surface area (Å²) in [5.74, 6) is -0.883. The van der Waals surface area contributed by atoms with Crippen LogP contribution in [0.5, 0.6) is 0 Å². The van der Waals surface area contributed by atoms with Gasteiger partial charge in [0, 0.05) is 19.3 Å². The van der Waals surface area contributed by atoms with Gasteiger partial charge in [-0.3, -0.25) is 14.4 Å². The molecule has 6 nitrogen and oxygen atoms in total. The lowest BCUT2D eigenvalue weighted by molar-refractivity contribution is -0.167. The van der Waals surface area contributed by atoms with Crippen LogP contribution in [0.4, 0.5) is 0 Å². The predicted octanol–water partition coefficient (Wildman–Crippen LogP) is 19.6. The van der Waals surface area contributed by atoms with Crippen molar-refractivity contribution >= 4 is 17.9 Å². The van der Waals surface area contributed by atoms with Crippen molar-refractivity contribution in [2.45, 2.75) is 303 Å². The van der Waals surface area contributed by atoms with Gasteiger partial charge in [0.2, 0.25) is 0 Å². The summed E-state index contributed by atoms with van der Waals surface area (Å²) in [5, 5.41) is 0. The summed E-state index contributed by atoms with van der Waals surface area (Å²) in [5.41, 5.74) is 0. The molecule has 0 rings (SSSR count). The fourth-order valence-corrected chi connectivity index (χ4v) is 8.35. The molecule has 1 unspecified atom stereocenters. The second kappa shape index (κ2) is 56.7. The lowest BCUT2D eigenvalue weighted by Crippen LogP contribution is -2.30. The quantitative estimate of drug-likeness (QED) is 0.0199. The van der Waals surface area contributed by atoms with E-state index < -0.39 is 6.10 Å². The van der Waals surface area contributed by atoms with E-state index in [1.807, 2.05) is 0 Å². The molecule has 0 aliphatic rings. The summed E-state index contributed by atoms with van der Waals surface area (Å²) < 4.78 is 16.9. The topological polar surface area (TPSA) is 78.9 Å². The van der Waals surface area contributed by atoms with Crippen LogP contribution in [0.15, 0.2) is 60.8 Å². The Morgan fingerprint density at radius 3 is 1.01 bits per heavy atom. The maximum absolute atomic E-state index is 12.9. The van der Waals surface area contributed by atoms with E-state index in [1.54, 1.807) is 0 Å². The van der Waals surface area contributed by atoms with Gasteiger partial charge in [0.25, 0.3) is 0 Å². The molecule has 68 heavy (non-hydrogen) atoms. The summed E-state index contributed by atoms with van der Waals surface area (Å²) in [4.78, 5) is 38.2. The van der Waals surface area contributed by atoms with Crippen molar-refractivity contribution in [3.05, 3.63) is 60.8 Å². The van der Waals surface area contributed by atoms with Crippen LogP contribution in [0.25, 0.3) is 0 Å². The molecular formula is C62H110O6. The van der Waals surface area contributed by atoms with E-state index in [0.717, 1.165) is 77.0 Å². The van der Waals surface area contributed by atoms with Crippen LogP contribution < -0.4 is 0 Å². The van der Waals surface area contributed by atoms with E-state index in [4.69, 9.17) is 14.2 Å². The number of carbonyl (C=O) groups excluding carboxylic acids is 3. The van der Waals surface area contributed by atoms with Crippen molar-refractivity contribution in [3.8, 4) is 0 Å². The largest absolute Gasteiger partial charge is 0.462 e. The summed E-state index contributed by atoms with van der Waals surface area (Å²) in [6.07, 6.45) is 70.6. The Morgan fingerprint density at radius 1 is 0.324 bits per heavy atom. The lowest BCUT2D eigenvalue weighted by atomic mass is 10.1. The molecule has 0 aliphatic heterocycles. The maximum atomic E-state index is 12.9. The van der Waals surface area contributed by atoms with E-state index in [1.165, 1.54) is 180 Å².